The quantitative estimate of drug-likeness (QED) is 0.492. The predicted octanol–water partition coefficient (Wildman–Crippen LogP) is -0.233. The van der Waals surface area contributed by atoms with E-state index in [4.69, 9.17) is 0 Å². The molecule has 0 aliphatic carbocycles. The molecule has 9 heteroatoms. The average Bonchev–Trinajstić information content (AvgIpc) is 2.94. The lowest BCUT2D eigenvalue weighted by molar-refractivity contribution is 0.180. The van der Waals surface area contributed by atoms with Crippen LogP contribution < -0.4 is 16.6 Å². The van der Waals surface area contributed by atoms with Crippen LogP contribution in [0.4, 0.5) is 5.95 Å². The number of aromatic amines is 1. The van der Waals surface area contributed by atoms with Gasteiger partial charge in [-0.05, 0) is 33.1 Å². The number of rotatable bonds is 8. The highest BCUT2D eigenvalue weighted by Gasteiger charge is 2.15. The van der Waals surface area contributed by atoms with Crippen molar-refractivity contribution in [2.24, 2.45) is 7.05 Å². The van der Waals surface area contributed by atoms with Gasteiger partial charge >= 0.3 is 5.69 Å². The maximum atomic E-state index is 12.5. The summed E-state index contributed by atoms with van der Waals surface area (Å²) < 4.78 is 2.51. The Morgan fingerprint density at radius 3 is 2.54 bits per heavy atom. The van der Waals surface area contributed by atoms with Crippen LogP contribution in [0, 0.1) is 0 Å². The molecule has 0 aromatic carbocycles. The lowest BCUT2D eigenvalue weighted by atomic mass is 10.2. The molecular formula is C15H25N5O4. The molecule has 0 saturated heterocycles. The Morgan fingerprint density at radius 2 is 1.92 bits per heavy atom. The van der Waals surface area contributed by atoms with E-state index in [1.54, 1.807) is 20.9 Å². The number of aliphatic hydroxyl groups is 2. The fourth-order valence-electron chi connectivity index (χ4n) is 2.48. The zero-order valence-electron chi connectivity index (χ0n) is 14.2. The second-order valence-corrected chi connectivity index (χ2v) is 6.16. The highest BCUT2D eigenvalue weighted by atomic mass is 16.3. The van der Waals surface area contributed by atoms with Gasteiger partial charge in [-0.25, -0.2) is 4.79 Å². The van der Waals surface area contributed by atoms with E-state index in [2.05, 4.69) is 15.3 Å². The van der Waals surface area contributed by atoms with Crippen molar-refractivity contribution >= 4 is 17.1 Å². The van der Waals surface area contributed by atoms with E-state index >= 15 is 0 Å². The largest absolute Gasteiger partial charge is 0.393 e. The molecule has 9 nitrogen and oxygen atoms in total. The number of hydrogen-bond donors (Lipinski definition) is 4. The monoisotopic (exact) mass is 339 g/mol. The Hall–Kier alpha value is -2.13. The number of aliphatic hydroxyl groups excluding tert-OH is 2. The zero-order valence-corrected chi connectivity index (χ0v) is 14.2. The van der Waals surface area contributed by atoms with Gasteiger partial charge in [-0.1, -0.05) is 0 Å². The van der Waals surface area contributed by atoms with Gasteiger partial charge in [-0.3, -0.25) is 13.9 Å². The Morgan fingerprint density at radius 1 is 1.21 bits per heavy atom. The van der Waals surface area contributed by atoms with Gasteiger partial charge in [-0.2, -0.15) is 4.98 Å². The van der Waals surface area contributed by atoms with Crippen molar-refractivity contribution in [3.63, 3.8) is 0 Å². The van der Waals surface area contributed by atoms with Gasteiger partial charge in [0.05, 0.1) is 12.2 Å². The Kier molecular flexibility index (Phi) is 5.79. The number of aryl methyl sites for hydroxylation is 1. The first-order valence-electron chi connectivity index (χ1n) is 8.10. The van der Waals surface area contributed by atoms with Crippen LogP contribution in [0.5, 0.6) is 0 Å². The smallest absolute Gasteiger partial charge is 0.332 e. The highest BCUT2D eigenvalue weighted by molar-refractivity contribution is 5.72. The standard InChI is InChI=1S/C15H25N5O4/c1-9(21)6-4-5-7-20-13(23)11-12(19(3)15(20)24)18-14(17-11)16-8-10(2)22/h9-10,21-22H,4-8H2,1-3H3,(H2,16,17,18)/t9?,10-/m0/s1. The fraction of sp³-hybridized carbons (Fsp3) is 0.667. The molecule has 0 spiro atoms. The molecule has 2 rings (SSSR count). The molecule has 0 radical (unpaired) electrons. The number of anilines is 1. The number of hydrogen-bond acceptors (Lipinski definition) is 6. The van der Waals surface area contributed by atoms with Gasteiger partial charge in [0.25, 0.3) is 5.56 Å². The highest BCUT2D eigenvalue weighted by Crippen LogP contribution is 2.09. The van der Waals surface area contributed by atoms with E-state index in [0.717, 1.165) is 6.42 Å². The average molecular weight is 339 g/mol. The molecule has 2 aromatic heterocycles. The van der Waals surface area contributed by atoms with E-state index in [9.17, 15) is 19.8 Å². The lowest BCUT2D eigenvalue weighted by Crippen LogP contribution is -2.39. The Bertz CT molecular complexity index is 803. The topological polar surface area (TPSA) is 125 Å². The number of nitrogens with zero attached hydrogens (tertiary/aromatic N) is 3. The minimum absolute atomic E-state index is 0.251. The number of imidazole rings is 1. The predicted molar refractivity (Wildman–Crippen MR) is 91.3 cm³/mol. The van der Waals surface area contributed by atoms with Crippen LogP contribution in [0.1, 0.15) is 33.1 Å². The van der Waals surface area contributed by atoms with Gasteiger partial charge in [0.2, 0.25) is 5.95 Å². The molecule has 2 aromatic rings. The molecule has 1 unspecified atom stereocenters. The number of fused-ring (bicyclic) bond motifs is 1. The summed E-state index contributed by atoms with van der Waals surface area (Å²) >= 11 is 0. The lowest BCUT2D eigenvalue weighted by Gasteiger charge is -2.08. The normalized spacial score (nSPS) is 14.0. The molecule has 134 valence electrons. The minimum Gasteiger partial charge on any atom is -0.393 e. The summed E-state index contributed by atoms with van der Waals surface area (Å²) in [7, 11) is 1.57. The summed E-state index contributed by atoms with van der Waals surface area (Å²) in [5.74, 6) is 0.338. The molecule has 2 atom stereocenters. The van der Waals surface area contributed by atoms with Gasteiger partial charge in [0.15, 0.2) is 11.2 Å². The zero-order chi connectivity index (χ0) is 17.9. The van der Waals surface area contributed by atoms with Gasteiger partial charge in [-0.15, -0.1) is 0 Å². The van der Waals surface area contributed by atoms with Crippen LogP contribution in [0.2, 0.25) is 0 Å². The van der Waals surface area contributed by atoms with E-state index in [1.165, 1.54) is 9.13 Å². The molecule has 0 fully saturated rings. The van der Waals surface area contributed by atoms with Crippen LogP contribution in [0.3, 0.4) is 0 Å². The first-order valence-corrected chi connectivity index (χ1v) is 8.10. The van der Waals surface area contributed by atoms with E-state index in [-0.39, 0.29) is 23.8 Å². The SMILES string of the molecule is CC(O)CCCCn1c(=O)c2[nH]c(NC[C@H](C)O)nc2n(C)c1=O. The molecule has 4 N–H and O–H groups in total. The molecule has 0 saturated carbocycles. The van der Waals surface area contributed by atoms with Crippen molar-refractivity contribution in [1.82, 2.24) is 19.1 Å². The summed E-state index contributed by atoms with van der Waals surface area (Å²) in [4.78, 5) is 32.0. The summed E-state index contributed by atoms with van der Waals surface area (Å²) in [5, 5.41) is 21.5. The van der Waals surface area contributed by atoms with Gasteiger partial charge < -0.3 is 20.5 Å². The molecule has 0 bridgehead atoms. The third-order valence-electron chi connectivity index (χ3n) is 3.80. The maximum Gasteiger partial charge on any atom is 0.332 e. The summed E-state index contributed by atoms with van der Waals surface area (Å²) in [6, 6.07) is 0. The van der Waals surface area contributed by atoms with Crippen molar-refractivity contribution in [2.45, 2.75) is 51.9 Å². The first kappa shape index (κ1) is 18.2. The molecule has 2 heterocycles. The summed E-state index contributed by atoms with van der Waals surface area (Å²) in [6.07, 6.45) is 1.05. The molecule has 24 heavy (non-hydrogen) atoms. The fourth-order valence-corrected chi connectivity index (χ4v) is 2.48. The van der Waals surface area contributed by atoms with Crippen molar-refractivity contribution in [3.05, 3.63) is 20.8 Å². The minimum atomic E-state index is -0.562. The van der Waals surface area contributed by atoms with Crippen LogP contribution >= 0.6 is 0 Å². The third-order valence-corrected chi connectivity index (χ3v) is 3.80. The maximum absolute atomic E-state index is 12.5. The summed E-state index contributed by atoms with van der Waals surface area (Å²) in [5.41, 5.74) is -0.306. The third kappa shape index (κ3) is 4.04. The van der Waals surface area contributed by atoms with Gasteiger partial charge in [0, 0.05) is 20.1 Å². The van der Waals surface area contributed by atoms with Crippen molar-refractivity contribution < 1.29 is 10.2 Å². The first-order chi connectivity index (χ1) is 11.3. The van der Waals surface area contributed by atoms with E-state index < -0.39 is 17.4 Å². The van der Waals surface area contributed by atoms with Crippen LogP contribution in [-0.4, -0.2) is 48.1 Å². The summed E-state index contributed by atoms with van der Waals surface area (Å²) in [6.45, 7) is 3.92. The molecule has 0 aliphatic heterocycles. The van der Waals surface area contributed by atoms with E-state index in [1.807, 2.05) is 0 Å². The van der Waals surface area contributed by atoms with Crippen LogP contribution in [0.25, 0.3) is 11.2 Å². The van der Waals surface area contributed by atoms with E-state index in [0.29, 0.717) is 25.3 Å². The number of H-pyrrole nitrogens is 1. The Balaban J connectivity index is 2.29. The van der Waals surface area contributed by atoms with Crippen LogP contribution in [-0.2, 0) is 13.6 Å². The molecule has 0 aliphatic rings. The second-order valence-electron chi connectivity index (χ2n) is 6.16. The van der Waals surface area contributed by atoms with Crippen molar-refractivity contribution in [3.8, 4) is 0 Å². The van der Waals surface area contributed by atoms with Crippen molar-refractivity contribution in [2.75, 3.05) is 11.9 Å². The van der Waals surface area contributed by atoms with Crippen molar-refractivity contribution in [1.29, 1.82) is 0 Å². The van der Waals surface area contributed by atoms with Gasteiger partial charge in [0.1, 0.15) is 0 Å². The second kappa shape index (κ2) is 7.63. The number of aromatic nitrogens is 4. The van der Waals surface area contributed by atoms with Crippen LogP contribution in [0.15, 0.2) is 9.59 Å². The number of nitrogens with one attached hydrogen (secondary N) is 2. The Labute approximate surface area is 139 Å². The molecular weight excluding hydrogens is 314 g/mol. The molecule has 0 amide bonds. The number of unbranched alkanes of at least 4 members (excludes halogenated alkanes) is 1.